The van der Waals surface area contributed by atoms with Crippen LogP contribution in [-0.2, 0) is 6.54 Å². The molecular formula is C14H16IN3O. The summed E-state index contributed by atoms with van der Waals surface area (Å²) in [6.45, 7) is 2.85. The summed E-state index contributed by atoms with van der Waals surface area (Å²) < 4.78 is 2.90. The predicted octanol–water partition coefficient (Wildman–Crippen LogP) is 3.34. The average molecular weight is 369 g/mol. The third kappa shape index (κ3) is 3.28. The second kappa shape index (κ2) is 6.10. The fourth-order valence-electron chi connectivity index (χ4n) is 1.90. The summed E-state index contributed by atoms with van der Waals surface area (Å²) >= 11 is 2.20. The van der Waals surface area contributed by atoms with E-state index in [1.54, 1.807) is 12.3 Å². The highest BCUT2D eigenvalue weighted by Crippen LogP contribution is 2.19. The van der Waals surface area contributed by atoms with E-state index in [-0.39, 0.29) is 5.91 Å². The van der Waals surface area contributed by atoms with Crippen molar-refractivity contribution in [3.63, 3.8) is 0 Å². The summed E-state index contributed by atoms with van der Waals surface area (Å²) in [7, 11) is 0. The van der Waals surface area contributed by atoms with Crippen LogP contribution >= 0.6 is 22.6 Å². The van der Waals surface area contributed by atoms with E-state index in [2.05, 4.69) is 34.8 Å². The molecule has 0 saturated carbocycles. The molecule has 19 heavy (non-hydrogen) atoms. The minimum absolute atomic E-state index is 0.130. The molecule has 1 heterocycles. The number of aromatic nitrogens is 1. The zero-order chi connectivity index (χ0) is 13.8. The number of para-hydroxylation sites is 1. The van der Waals surface area contributed by atoms with Gasteiger partial charge in [0.1, 0.15) is 5.69 Å². The van der Waals surface area contributed by atoms with Gasteiger partial charge in [-0.05, 0) is 47.2 Å². The van der Waals surface area contributed by atoms with Gasteiger partial charge in [-0.1, -0.05) is 19.1 Å². The zero-order valence-electron chi connectivity index (χ0n) is 10.7. The van der Waals surface area contributed by atoms with E-state index in [4.69, 9.17) is 5.73 Å². The average Bonchev–Trinajstić information content (AvgIpc) is 2.74. The number of hydrogen-bond donors (Lipinski definition) is 2. The van der Waals surface area contributed by atoms with E-state index in [9.17, 15) is 4.79 Å². The maximum Gasteiger partial charge on any atom is 0.272 e. The van der Waals surface area contributed by atoms with Crippen molar-refractivity contribution in [2.45, 2.75) is 19.9 Å². The van der Waals surface area contributed by atoms with E-state index in [1.807, 2.05) is 28.8 Å². The van der Waals surface area contributed by atoms with Crippen molar-refractivity contribution < 1.29 is 4.79 Å². The number of rotatable bonds is 4. The summed E-state index contributed by atoms with van der Waals surface area (Å²) in [5.74, 6) is -0.130. The number of aryl methyl sites for hydroxylation is 1. The van der Waals surface area contributed by atoms with Crippen molar-refractivity contribution in [3.05, 3.63) is 45.8 Å². The first-order valence-electron chi connectivity index (χ1n) is 6.13. The number of nitrogens with one attached hydrogen (secondary N) is 1. The molecule has 0 atom stereocenters. The van der Waals surface area contributed by atoms with Crippen LogP contribution < -0.4 is 11.1 Å². The lowest BCUT2D eigenvalue weighted by Gasteiger charge is -2.09. The lowest BCUT2D eigenvalue weighted by atomic mass is 10.3. The number of carbonyl (C=O) groups is 1. The molecule has 100 valence electrons. The summed E-state index contributed by atoms with van der Waals surface area (Å²) in [5, 5.41) is 2.92. The van der Waals surface area contributed by atoms with Gasteiger partial charge in [0.15, 0.2) is 0 Å². The Bertz CT molecular complexity index is 592. The van der Waals surface area contributed by atoms with Crippen LogP contribution in [-0.4, -0.2) is 10.5 Å². The molecule has 0 aliphatic heterocycles. The second-order valence-corrected chi connectivity index (χ2v) is 5.45. The van der Waals surface area contributed by atoms with Crippen molar-refractivity contribution in [1.82, 2.24) is 4.57 Å². The van der Waals surface area contributed by atoms with Crippen molar-refractivity contribution in [3.8, 4) is 0 Å². The van der Waals surface area contributed by atoms with Gasteiger partial charge < -0.3 is 15.6 Å². The van der Waals surface area contributed by atoms with Crippen LogP contribution in [0.15, 0.2) is 36.5 Å². The molecule has 1 aromatic heterocycles. The predicted molar refractivity (Wildman–Crippen MR) is 86.2 cm³/mol. The van der Waals surface area contributed by atoms with E-state index >= 15 is 0 Å². The Labute approximate surface area is 126 Å². The number of hydrogen-bond acceptors (Lipinski definition) is 2. The molecule has 4 nitrogen and oxygen atoms in total. The molecule has 5 heteroatoms. The number of halogens is 1. The van der Waals surface area contributed by atoms with Crippen molar-refractivity contribution >= 4 is 39.9 Å². The number of nitrogens with zero attached hydrogens (tertiary/aromatic N) is 1. The van der Waals surface area contributed by atoms with E-state index in [1.165, 1.54) is 0 Å². The SMILES string of the molecule is CCCn1cc(N)cc1C(=O)Nc1ccccc1I. The van der Waals surface area contributed by atoms with Gasteiger partial charge in [-0.2, -0.15) is 0 Å². The molecule has 0 radical (unpaired) electrons. The highest BCUT2D eigenvalue weighted by molar-refractivity contribution is 14.1. The van der Waals surface area contributed by atoms with Crippen LogP contribution in [0, 0.1) is 3.57 Å². The quantitative estimate of drug-likeness (QED) is 0.813. The zero-order valence-corrected chi connectivity index (χ0v) is 12.8. The first-order chi connectivity index (χ1) is 9.11. The van der Waals surface area contributed by atoms with E-state index in [0.29, 0.717) is 11.4 Å². The molecule has 1 amide bonds. The molecule has 3 N–H and O–H groups in total. The van der Waals surface area contributed by atoms with Gasteiger partial charge in [0.05, 0.1) is 11.4 Å². The molecule has 0 aliphatic carbocycles. The second-order valence-electron chi connectivity index (χ2n) is 4.29. The van der Waals surface area contributed by atoms with Crippen LogP contribution in [0.4, 0.5) is 11.4 Å². The Morgan fingerprint density at radius 2 is 2.16 bits per heavy atom. The maximum absolute atomic E-state index is 12.3. The molecule has 0 saturated heterocycles. The Hall–Kier alpha value is -1.50. The van der Waals surface area contributed by atoms with Crippen LogP contribution in [0.5, 0.6) is 0 Å². The molecule has 2 rings (SSSR count). The molecule has 0 aliphatic rings. The molecular weight excluding hydrogens is 353 g/mol. The Morgan fingerprint density at radius 3 is 2.84 bits per heavy atom. The number of benzene rings is 1. The summed E-state index contributed by atoms with van der Waals surface area (Å²) in [4.78, 5) is 12.3. The number of nitrogen functional groups attached to an aromatic ring is 1. The molecule has 0 bridgehead atoms. The Kier molecular flexibility index (Phi) is 4.47. The van der Waals surface area contributed by atoms with Gasteiger partial charge >= 0.3 is 0 Å². The molecule has 0 unspecified atom stereocenters. The largest absolute Gasteiger partial charge is 0.397 e. The van der Waals surface area contributed by atoms with E-state index in [0.717, 1.165) is 22.2 Å². The topological polar surface area (TPSA) is 60.0 Å². The summed E-state index contributed by atoms with van der Waals surface area (Å²) in [5.41, 5.74) is 7.79. The van der Waals surface area contributed by atoms with Crippen LogP contribution in [0.25, 0.3) is 0 Å². The number of carbonyl (C=O) groups excluding carboxylic acids is 1. The van der Waals surface area contributed by atoms with Gasteiger partial charge in [-0.15, -0.1) is 0 Å². The minimum Gasteiger partial charge on any atom is -0.397 e. The monoisotopic (exact) mass is 369 g/mol. The third-order valence-electron chi connectivity index (χ3n) is 2.74. The van der Waals surface area contributed by atoms with Crippen LogP contribution in [0.2, 0.25) is 0 Å². The fraction of sp³-hybridized carbons (Fsp3) is 0.214. The summed E-state index contributed by atoms with van der Waals surface area (Å²) in [6, 6.07) is 9.39. The van der Waals surface area contributed by atoms with Crippen molar-refractivity contribution in [2.24, 2.45) is 0 Å². The van der Waals surface area contributed by atoms with Gasteiger partial charge in [-0.3, -0.25) is 4.79 Å². The fourth-order valence-corrected chi connectivity index (χ4v) is 2.42. The van der Waals surface area contributed by atoms with Crippen LogP contribution in [0.1, 0.15) is 23.8 Å². The highest BCUT2D eigenvalue weighted by Gasteiger charge is 2.13. The first-order valence-corrected chi connectivity index (χ1v) is 7.21. The van der Waals surface area contributed by atoms with Crippen molar-refractivity contribution in [2.75, 3.05) is 11.1 Å². The van der Waals surface area contributed by atoms with Gasteiger partial charge in [0.25, 0.3) is 5.91 Å². The number of amides is 1. The number of anilines is 2. The summed E-state index contributed by atoms with van der Waals surface area (Å²) in [6.07, 6.45) is 2.76. The Morgan fingerprint density at radius 1 is 1.42 bits per heavy atom. The smallest absolute Gasteiger partial charge is 0.272 e. The first kappa shape index (κ1) is 13.9. The van der Waals surface area contributed by atoms with Gasteiger partial charge in [0, 0.05) is 16.3 Å². The third-order valence-corrected chi connectivity index (χ3v) is 3.68. The van der Waals surface area contributed by atoms with E-state index < -0.39 is 0 Å². The minimum atomic E-state index is -0.130. The standard InChI is InChI=1S/C14H16IN3O/c1-2-7-18-9-10(16)8-13(18)14(19)17-12-6-4-3-5-11(12)15/h3-6,8-9H,2,7,16H2,1H3,(H,17,19). The number of nitrogens with two attached hydrogens (primary N) is 1. The van der Waals surface area contributed by atoms with Crippen molar-refractivity contribution in [1.29, 1.82) is 0 Å². The Balaban J connectivity index is 2.23. The maximum atomic E-state index is 12.3. The van der Waals surface area contributed by atoms with Gasteiger partial charge in [-0.25, -0.2) is 0 Å². The lowest BCUT2D eigenvalue weighted by Crippen LogP contribution is -2.17. The lowest BCUT2D eigenvalue weighted by molar-refractivity contribution is 0.101. The highest BCUT2D eigenvalue weighted by atomic mass is 127. The molecule has 2 aromatic rings. The molecule has 1 aromatic carbocycles. The molecule has 0 spiro atoms. The molecule has 0 fully saturated rings. The van der Waals surface area contributed by atoms with Gasteiger partial charge in [0.2, 0.25) is 0 Å². The normalized spacial score (nSPS) is 10.4. The van der Waals surface area contributed by atoms with Crippen LogP contribution in [0.3, 0.4) is 0 Å².